The highest BCUT2D eigenvalue weighted by atomic mass is 19.1. The Morgan fingerprint density at radius 1 is 1.35 bits per heavy atom. The first-order valence-electron chi connectivity index (χ1n) is 5.66. The fourth-order valence-electron chi connectivity index (χ4n) is 1.92. The largest absolute Gasteiger partial charge is 0.384 e. The summed E-state index contributed by atoms with van der Waals surface area (Å²) in [7, 11) is 1.59. The summed E-state index contributed by atoms with van der Waals surface area (Å²) >= 11 is 0. The van der Waals surface area contributed by atoms with Crippen LogP contribution in [-0.4, -0.2) is 13.7 Å². The van der Waals surface area contributed by atoms with Crippen molar-refractivity contribution in [2.45, 2.75) is 26.3 Å². The van der Waals surface area contributed by atoms with E-state index in [-0.39, 0.29) is 11.5 Å². The molecule has 0 heterocycles. The number of halogens is 2. The molecule has 0 aliphatic carbocycles. The van der Waals surface area contributed by atoms with Crippen LogP contribution < -0.4 is 5.73 Å². The number of ether oxygens (including phenoxy) is 1. The van der Waals surface area contributed by atoms with Crippen LogP contribution in [-0.2, 0) is 4.74 Å². The molecule has 1 rings (SSSR count). The second-order valence-electron chi connectivity index (χ2n) is 4.49. The summed E-state index contributed by atoms with van der Waals surface area (Å²) in [5.74, 6) is -0.957. The molecular formula is C13H19F2NO. The van der Waals surface area contributed by atoms with Crippen molar-refractivity contribution in [1.29, 1.82) is 0 Å². The standard InChI is InChI=1S/C13H19F2NO/c1-8(7-17-3)6-11(16)12-10(14)5-4-9(2)13(12)15/h4-5,8,11H,6-7,16H2,1-3H3. The topological polar surface area (TPSA) is 35.2 Å². The second-order valence-corrected chi connectivity index (χ2v) is 4.49. The first-order valence-corrected chi connectivity index (χ1v) is 5.66. The molecule has 0 spiro atoms. The molecule has 2 N–H and O–H groups in total. The normalized spacial score (nSPS) is 14.7. The smallest absolute Gasteiger partial charge is 0.133 e. The van der Waals surface area contributed by atoms with Crippen LogP contribution in [0.2, 0.25) is 0 Å². The molecule has 2 nitrogen and oxygen atoms in total. The predicted molar refractivity (Wildman–Crippen MR) is 63.7 cm³/mol. The lowest BCUT2D eigenvalue weighted by atomic mass is 9.95. The molecule has 17 heavy (non-hydrogen) atoms. The van der Waals surface area contributed by atoms with Crippen LogP contribution >= 0.6 is 0 Å². The lowest BCUT2D eigenvalue weighted by molar-refractivity contribution is 0.151. The zero-order valence-electron chi connectivity index (χ0n) is 10.5. The Morgan fingerprint density at radius 2 is 2.00 bits per heavy atom. The molecule has 2 atom stereocenters. The fourth-order valence-corrected chi connectivity index (χ4v) is 1.92. The molecule has 0 fully saturated rings. The molecule has 0 radical (unpaired) electrons. The summed E-state index contributed by atoms with van der Waals surface area (Å²) in [5.41, 5.74) is 6.25. The van der Waals surface area contributed by atoms with Gasteiger partial charge in [0.25, 0.3) is 0 Å². The second kappa shape index (κ2) is 6.07. The zero-order valence-corrected chi connectivity index (χ0v) is 10.5. The lowest BCUT2D eigenvalue weighted by Crippen LogP contribution is -2.19. The molecule has 4 heteroatoms. The van der Waals surface area contributed by atoms with E-state index in [9.17, 15) is 8.78 Å². The zero-order chi connectivity index (χ0) is 13.0. The van der Waals surface area contributed by atoms with Crippen molar-refractivity contribution in [1.82, 2.24) is 0 Å². The first kappa shape index (κ1) is 14.1. The van der Waals surface area contributed by atoms with Gasteiger partial charge >= 0.3 is 0 Å². The summed E-state index contributed by atoms with van der Waals surface area (Å²) < 4.78 is 32.3. The van der Waals surface area contributed by atoms with Gasteiger partial charge in [0.05, 0.1) is 0 Å². The minimum absolute atomic E-state index is 0.0204. The van der Waals surface area contributed by atoms with Crippen LogP contribution in [0.4, 0.5) is 8.78 Å². The van der Waals surface area contributed by atoms with Gasteiger partial charge in [0.2, 0.25) is 0 Å². The highest BCUT2D eigenvalue weighted by molar-refractivity contribution is 5.29. The molecule has 0 aliphatic rings. The summed E-state index contributed by atoms with van der Waals surface area (Å²) in [4.78, 5) is 0. The third-order valence-corrected chi connectivity index (χ3v) is 2.80. The number of benzene rings is 1. The lowest BCUT2D eigenvalue weighted by Gasteiger charge is -2.18. The molecule has 1 aromatic carbocycles. The molecule has 0 bridgehead atoms. The van der Waals surface area contributed by atoms with Crippen LogP contribution in [0.5, 0.6) is 0 Å². The monoisotopic (exact) mass is 243 g/mol. The SMILES string of the molecule is COCC(C)CC(N)c1c(F)ccc(C)c1F. The third kappa shape index (κ3) is 3.48. The Labute approximate surface area is 101 Å². The Kier molecular flexibility index (Phi) is 5.02. The first-order chi connectivity index (χ1) is 7.97. The molecule has 0 aromatic heterocycles. The van der Waals surface area contributed by atoms with Crippen LogP contribution in [0.25, 0.3) is 0 Å². The maximum absolute atomic E-state index is 13.8. The van der Waals surface area contributed by atoms with E-state index in [2.05, 4.69) is 0 Å². The van der Waals surface area contributed by atoms with E-state index in [1.807, 2.05) is 6.92 Å². The maximum atomic E-state index is 13.8. The van der Waals surface area contributed by atoms with Gasteiger partial charge in [-0.3, -0.25) is 0 Å². The van der Waals surface area contributed by atoms with Gasteiger partial charge in [-0.1, -0.05) is 13.0 Å². The number of rotatable bonds is 5. The van der Waals surface area contributed by atoms with Gasteiger partial charge in [-0.15, -0.1) is 0 Å². The summed E-state index contributed by atoms with van der Waals surface area (Å²) in [6.07, 6.45) is 0.491. The molecule has 96 valence electrons. The molecule has 0 amide bonds. The average Bonchev–Trinajstić information content (AvgIpc) is 2.24. The van der Waals surface area contributed by atoms with Crippen molar-refractivity contribution in [3.05, 3.63) is 34.9 Å². The fraction of sp³-hybridized carbons (Fsp3) is 0.538. The van der Waals surface area contributed by atoms with Crippen LogP contribution in [0.3, 0.4) is 0 Å². The third-order valence-electron chi connectivity index (χ3n) is 2.80. The number of hydrogen-bond donors (Lipinski definition) is 1. The van der Waals surface area contributed by atoms with E-state index in [4.69, 9.17) is 10.5 Å². The number of methoxy groups -OCH3 is 1. The van der Waals surface area contributed by atoms with Gasteiger partial charge in [0, 0.05) is 25.3 Å². The number of hydrogen-bond acceptors (Lipinski definition) is 2. The van der Waals surface area contributed by atoms with Crippen molar-refractivity contribution in [2.24, 2.45) is 11.7 Å². The van der Waals surface area contributed by atoms with Crippen molar-refractivity contribution < 1.29 is 13.5 Å². The molecular weight excluding hydrogens is 224 g/mol. The Morgan fingerprint density at radius 3 is 2.59 bits per heavy atom. The number of aryl methyl sites for hydroxylation is 1. The minimum atomic E-state index is -0.639. The maximum Gasteiger partial charge on any atom is 0.133 e. The number of nitrogens with two attached hydrogens (primary N) is 1. The van der Waals surface area contributed by atoms with E-state index in [0.717, 1.165) is 0 Å². The predicted octanol–water partition coefficient (Wildman–Crippen LogP) is 2.95. The molecule has 0 aliphatic heterocycles. The van der Waals surface area contributed by atoms with Gasteiger partial charge in [-0.2, -0.15) is 0 Å². The molecule has 0 saturated heterocycles. The van der Waals surface area contributed by atoms with Crippen molar-refractivity contribution in [2.75, 3.05) is 13.7 Å². The van der Waals surface area contributed by atoms with E-state index < -0.39 is 17.7 Å². The van der Waals surface area contributed by atoms with Crippen LogP contribution in [0, 0.1) is 24.5 Å². The molecule has 2 unspecified atom stereocenters. The Bertz CT molecular complexity index is 382. The van der Waals surface area contributed by atoms with Crippen LogP contribution in [0.15, 0.2) is 12.1 Å². The van der Waals surface area contributed by atoms with Crippen molar-refractivity contribution in [3.8, 4) is 0 Å². The van der Waals surface area contributed by atoms with Gasteiger partial charge in [-0.25, -0.2) is 8.78 Å². The van der Waals surface area contributed by atoms with E-state index in [1.165, 1.54) is 12.1 Å². The average molecular weight is 243 g/mol. The minimum Gasteiger partial charge on any atom is -0.384 e. The van der Waals surface area contributed by atoms with Gasteiger partial charge < -0.3 is 10.5 Å². The Balaban J connectivity index is 2.88. The molecule has 1 aromatic rings. The van der Waals surface area contributed by atoms with Gasteiger partial charge in [-0.05, 0) is 30.9 Å². The quantitative estimate of drug-likeness (QED) is 0.863. The van der Waals surface area contributed by atoms with E-state index in [0.29, 0.717) is 18.6 Å². The highest BCUT2D eigenvalue weighted by Crippen LogP contribution is 2.26. The van der Waals surface area contributed by atoms with Crippen LogP contribution in [0.1, 0.15) is 30.5 Å². The van der Waals surface area contributed by atoms with Crippen molar-refractivity contribution in [3.63, 3.8) is 0 Å². The van der Waals surface area contributed by atoms with Crippen molar-refractivity contribution >= 4 is 0 Å². The summed E-state index contributed by atoms with van der Waals surface area (Å²) in [6, 6.07) is 2.04. The van der Waals surface area contributed by atoms with E-state index in [1.54, 1.807) is 14.0 Å². The van der Waals surface area contributed by atoms with Gasteiger partial charge in [0.1, 0.15) is 11.6 Å². The van der Waals surface area contributed by atoms with Gasteiger partial charge in [0.15, 0.2) is 0 Å². The highest BCUT2D eigenvalue weighted by Gasteiger charge is 2.20. The van der Waals surface area contributed by atoms with E-state index >= 15 is 0 Å². The summed E-state index contributed by atoms with van der Waals surface area (Å²) in [6.45, 7) is 4.07. The summed E-state index contributed by atoms with van der Waals surface area (Å²) in [5, 5.41) is 0. The Hall–Kier alpha value is -1.00. The molecule has 0 saturated carbocycles.